The summed E-state index contributed by atoms with van der Waals surface area (Å²) in [6, 6.07) is 11.3. The van der Waals surface area contributed by atoms with E-state index in [1.54, 1.807) is 43.3 Å². The number of nitrogens with zero attached hydrogens (tertiary/aromatic N) is 2. The summed E-state index contributed by atoms with van der Waals surface area (Å²) >= 11 is 0. The molecule has 1 aliphatic heterocycles. The molecule has 0 aliphatic carbocycles. The molecule has 0 unspecified atom stereocenters. The molecule has 8 heteroatoms. The number of carbonyl (C=O) groups is 3. The van der Waals surface area contributed by atoms with E-state index in [0.717, 1.165) is 31.6 Å². The molecule has 1 saturated heterocycles. The molecule has 0 bridgehead atoms. The minimum atomic E-state index is -0.443. The van der Waals surface area contributed by atoms with Gasteiger partial charge in [0.05, 0.1) is 17.7 Å². The molecule has 1 aliphatic rings. The number of ether oxygens (including phenoxy) is 1. The fourth-order valence-corrected chi connectivity index (χ4v) is 3.46. The summed E-state index contributed by atoms with van der Waals surface area (Å²) in [6.07, 6.45) is 2.02. The Kier molecular flexibility index (Phi) is 7.12. The van der Waals surface area contributed by atoms with Gasteiger partial charge in [-0.05, 0) is 62.2 Å². The smallest absolute Gasteiger partial charge is 0.338 e. The zero-order valence-corrected chi connectivity index (χ0v) is 18.1. The van der Waals surface area contributed by atoms with Gasteiger partial charge in [-0.25, -0.2) is 9.59 Å². The number of hydrogen-bond donors (Lipinski definition) is 2. The van der Waals surface area contributed by atoms with Crippen molar-refractivity contribution in [3.63, 3.8) is 0 Å². The lowest BCUT2D eigenvalue weighted by molar-refractivity contribution is 0.0526. The number of esters is 1. The highest BCUT2D eigenvalue weighted by atomic mass is 16.5. The molecule has 31 heavy (non-hydrogen) atoms. The Morgan fingerprint density at radius 2 is 1.58 bits per heavy atom. The van der Waals surface area contributed by atoms with Gasteiger partial charge in [-0.15, -0.1) is 0 Å². The average molecular weight is 425 g/mol. The van der Waals surface area contributed by atoms with Crippen molar-refractivity contribution in [2.24, 2.45) is 0 Å². The third kappa shape index (κ3) is 5.53. The van der Waals surface area contributed by atoms with Crippen LogP contribution in [0.25, 0.3) is 0 Å². The van der Waals surface area contributed by atoms with Gasteiger partial charge < -0.3 is 25.2 Å². The SMILES string of the molecule is CCOC(=O)c1ccc(NC(=O)Nc2ccc(N(C)C)c(C(=O)N3CCCC3)c2)cc1. The molecular weight excluding hydrogens is 396 g/mol. The Labute approximate surface area is 182 Å². The van der Waals surface area contributed by atoms with Crippen molar-refractivity contribution in [1.82, 2.24) is 4.90 Å². The van der Waals surface area contributed by atoms with Crippen molar-refractivity contribution in [1.29, 1.82) is 0 Å². The zero-order valence-electron chi connectivity index (χ0n) is 18.1. The molecule has 3 amide bonds. The summed E-state index contributed by atoms with van der Waals surface area (Å²) in [6.45, 7) is 3.56. The number of anilines is 3. The van der Waals surface area contributed by atoms with Gasteiger partial charge in [-0.1, -0.05) is 0 Å². The van der Waals surface area contributed by atoms with Crippen molar-refractivity contribution in [3.8, 4) is 0 Å². The first-order chi connectivity index (χ1) is 14.9. The highest BCUT2D eigenvalue weighted by Crippen LogP contribution is 2.26. The lowest BCUT2D eigenvalue weighted by Gasteiger charge is -2.22. The quantitative estimate of drug-likeness (QED) is 0.688. The van der Waals surface area contributed by atoms with E-state index in [0.29, 0.717) is 29.1 Å². The lowest BCUT2D eigenvalue weighted by atomic mass is 10.1. The molecule has 1 fully saturated rings. The van der Waals surface area contributed by atoms with E-state index in [1.807, 2.05) is 30.0 Å². The van der Waals surface area contributed by atoms with E-state index in [9.17, 15) is 14.4 Å². The Hall–Kier alpha value is -3.55. The third-order valence-corrected chi connectivity index (χ3v) is 5.01. The van der Waals surface area contributed by atoms with Gasteiger partial charge in [0, 0.05) is 44.2 Å². The Bertz CT molecular complexity index is 951. The summed E-state index contributed by atoms with van der Waals surface area (Å²) in [5, 5.41) is 5.49. The first-order valence-corrected chi connectivity index (χ1v) is 10.3. The predicted molar refractivity (Wildman–Crippen MR) is 121 cm³/mol. The Morgan fingerprint density at radius 1 is 0.968 bits per heavy atom. The number of amides is 3. The monoisotopic (exact) mass is 424 g/mol. The average Bonchev–Trinajstić information content (AvgIpc) is 3.28. The van der Waals surface area contributed by atoms with Crippen LogP contribution >= 0.6 is 0 Å². The maximum absolute atomic E-state index is 13.0. The summed E-state index contributed by atoms with van der Waals surface area (Å²) < 4.78 is 4.95. The van der Waals surface area contributed by atoms with Crippen LogP contribution in [0.1, 0.15) is 40.5 Å². The van der Waals surface area contributed by atoms with Crippen molar-refractivity contribution < 1.29 is 19.1 Å². The van der Waals surface area contributed by atoms with Crippen LogP contribution in [0.3, 0.4) is 0 Å². The number of likely N-dealkylation sites (tertiary alicyclic amines) is 1. The van der Waals surface area contributed by atoms with Crippen LogP contribution in [0.2, 0.25) is 0 Å². The van der Waals surface area contributed by atoms with Crippen molar-refractivity contribution >= 4 is 35.0 Å². The standard InChI is InChI=1S/C23H28N4O4/c1-4-31-22(29)16-7-9-17(10-8-16)24-23(30)25-18-11-12-20(26(2)3)19(15-18)21(28)27-13-5-6-14-27/h7-12,15H,4-6,13-14H2,1-3H3,(H2,24,25,30). The summed E-state index contributed by atoms with van der Waals surface area (Å²) in [7, 11) is 3.77. The number of benzene rings is 2. The first kappa shape index (κ1) is 22.1. The molecule has 0 radical (unpaired) electrons. The number of urea groups is 1. The number of hydrogen-bond acceptors (Lipinski definition) is 5. The molecule has 0 saturated carbocycles. The number of nitrogens with one attached hydrogen (secondary N) is 2. The first-order valence-electron chi connectivity index (χ1n) is 10.3. The second-order valence-electron chi connectivity index (χ2n) is 7.50. The van der Waals surface area contributed by atoms with Gasteiger partial charge in [0.15, 0.2) is 0 Å². The Balaban J connectivity index is 1.70. The van der Waals surface area contributed by atoms with Gasteiger partial charge in [0.25, 0.3) is 5.91 Å². The van der Waals surface area contributed by atoms with Crippen LogP contribution in [0.5, 0.6) is 0 Å². The lowest BCUT2D eigenvalue weighted by Crippen LogP contribution is -2.29. The number of rotatable bonds is 6. The van der Waals surface area contributed by atoms with E-state index < -0.39 is 12.0 Å². The number of carbonyl (C=O) groups excluding carboxylic acids is 3. The largest absolute Gasteiger partial charge is 0.462 e. The van der Waals surface area contributed by atoms with E-state index in [-0.39, 0.29) is 5.91 Å². The molecule has 2 N–H and O–H groups in total. The van der Waals surface area contributed by atoms with Crippen LogP contribution in [-0.4, -0.2) is 56.6 Å². The normalized spacial score (nSPS) is 12.9. The van der Waals surface area contributed by atoms with Crippen LogP contribution < -0.4 is 15.5 Å². The van der Waals surface area contributed by atoms with Gasteiger partial charge >= 0.3 is 12.0 Å². The highest BCUT2D eigenvalue weighted by molar-refractivity contribution is 6.04. The van der Waals surface area contributed by atoms with Crippen LogP contribution in [0.15, 0.2) is 42.5 Å². The molecule has 2 aromatic carbocycles. The highest BCUT2D eigenvalue weighted by Gasteiger charge is 2.23. The van der Waals surface area contributed by atoms with E-state index in [4.69, 9.17) is 4.74 Å². The minimum Gasteiger partial charge on any atom is -0.462 e. The van der Waals surface area contributed by atoms with E-state index in [1.165, 1.54) is 0 Å². The summed E-state index contributed by atoms with van der Waals surface area (Å²) in [5.41, 5.74) is 2.83. The molecule has 1 heterocycles. The molecule has 0 atom stereocenters. The van der Waals surface area contributed by atoms with Crippen molar-refractivity contribution in [2.45, 2.75) is 19.8 Å². The molecule has 3 rings (SSSR count). The third-order valence-electron chi connectivity index (χ3n) is 5.01. The zero-order chi connectivity index (χ0) is 22.4. The molecular formula is C23H28N4O4. The Morgan fingerprint density at radius 3 is 2.19 bits per heavy atom. The molecule has 0 spiro atoms. The fraction of sp³-hybridized carbons (Fsp3) is 0.348. The van der Waals surface area contributed by atoms with Crippen molar-refractivity contribution in [2.75, 3.05) is 49.3 Å². The van der Waals surface area contributed by atoms with E-state index >= 15 is 0 Å². The van der Waals surface area contributed by atoms with Crippen molar-refractivity contribution in [3.05, 3.63) is 53.6 Å². The minimum absolute atomic E-state index is 0.0280. The second-order valence-corrected chi connectivity index (χ2v) is 7.50. The predicted octanol–water partition coefficient (Wildman–Crippen LogP) is 3.81. The van der Waals surface area contributed by atoms with Gasteiger partial charge in [-0.3, -0.25) is 4.79 Å². The topological polar surface area (TPSA) is 91.0 Å². The van der Waals surface area contributed by atoms with Gasteiger partial charge in [0.1, 0.15) is 0 Å². The molecule has 2 aromatic rings. The van der Waals surface area contributed by atoms with Gasteiger partial charge in [-0.2, -0.15) is 0 Å². The second kappa shape index (κ2) is 9.97. The van der Waals surface area contributed by atoms with E-state index in [2.05, 4.69) is 10.6 Å². The van der Waals surface area contributed by atoms with Gasteiger partial charge in [0.2, 0.25) is 0 Å². The van der Waals surface area contributed by atoms with Crippen LogP contribution in [0.4, 0.5) is 21.9 Å². The maximum Gasteiger partial charge on any atom is 0.338 e. The maximum atomic E-state index is 13.0. The summed E-state index contributed by atoms with van der Waals surface area (Å²) in [4.78, 5) is 40.9. The molecule has 8 nitrogen and oxygen atoms in total. The molecule has 164 valence electrons. The fourth-order valence-electron chi connectivity index (χ4n) is 3.46. The van der Waals surface area contributed by atoms with Crippen LogP contribution in [-0.2, 0) is 4.74 Å². The molecule has 0 aromatic heterocycles. The van der Waals surface area contributed by atoms with Crippen LogP contribution in [0, 0.1) is 0 Å². The summed E-state index contributed by atoms with van der Waals surface area (Å²) in [5.74, 6) is -0.436.